The van der Waals surface area contributed by atoms with Crippen molar-refractivity contribution in [1.29, 1.82) is 0 Å². The molecule has 0 spiro atoms. The van der Waals surface area contributed by atoms with Gasteiger partial charge in [0.15, 0.2) is 0 Å². The summed E-state index contributed by atoms with van der Waals surface area (Å²) in [5, 5.41) is 27.7. The van der Waals surface area contributed by atoms with E-state index in [1.165, 1.54) is 0 Å². The lowest BCUT2D eigenvalue weighted by molar-refractivity contribution is 0.340. The van der Waals surface area contributed by atoms with Gasteiger partial charge in [0.1, 0.15) is 15.8 Å². The summed E-state index contributed by atoms with van der Waals surface area (Å²) in [4.78, 5) is 2.35. The van der Waals surface area contributed by atoms with Crippen LogP contribution in [-0.4, -0.2) is 40.1 Å². The van der Waals surface area contributed by atoms with Crippen molar-refractivity contribution in [2.45, 2.75) is 19.8 Å². The van der Waals surface area contributed by atoms with E-state index >= 15 is 0 Å². The monoisotopic (exact) mass is 543 g/mol. The Kier molecular flexibility index (Phi) is 8.75. The lowest BCUT2D eigenvalue weighted by Crippen LogP contribution is -2.28. The molecule has 5 aromatic rings. The maximum atomic E-state index is 5.64. The Hall–Kier alpha value is -4.02. The number of para-hydroxylation sites is 2. The highest BCUT2D eigenvalue weighted by Crippen LogP contribution is 2.25. The van der Waals surface area contributed by atoms with Crippen LogP contribution in [0.2, 0.25) is 0 Å². The van der Waals surface area contributed by atoms with Crippen LogP contribution in [0.15, 0.2) is 84.9 Å². The molecule has 8 nitrogen and oxygen atoms in total. The molecule has 2 heterocycles. The molecule has 0 fully saturated rings. The van der Waals surface area contributed by atoms with Crippen LogP contribution in [0.25, 0.3) is 0 Å². The van der Waals surface area contributed by atoms with Crippen molar-refractivity contribution in [3.05, 3.63) is 94.9 Å². The average Bonchev–Trinajstić information content (AvgIpc) is 3.60. The van der Waals surface area contributed by atoms with Crippen molar-refractivity contribution in [2.24, 2.45) is 0 Å². The van der Waals surface area contributed by atoms with Gasteiger partial charge in [0.2, 0.25) is 10.3 Å². The Morgan fingerprint density at radius 3 is 1.63 bits per heavy atom. The third kappa shape index (κ3) is 7.27. The van der Waals surface area contributed by atoms with Gasteiger partial charge >= 0.3 is 0 Å². The summed E-state index contributed by atoms with van der Waals surface area (Å²) < 4.78 is 5.64. The first kappa shape index (κ1) is 25.6. The van der Waals surface area contributed by atoms with Crippen LogP contribution in [0.1, 0.15) is 16.9 Å². The van der Waals surface area contributed by atoms with Crippen LogP contribution >= 0.6 is 22.7 Å². The van der Waals surface area contributed by atoms with Gasteiger partial charge in [-0.2, -0.15) is 0 Å². The Morgan fingerprint density at radius 1 is 0.658 bits per heavy atom. The maximum Gasteiger partial charge on any atom is 0.210 e. The summed E-state index contributed by atoms with van der Waals surface area (Å²) in [7, 11) is 0. The summed E-state index contributed by atoms with van der Waals surface area (Å²) in [6.45, 7) is 4.26. The number of hydrogen-bond donors (Lipinski definition) is 2. The normalized spacial score (nSPS) is 10.8. The van der Waals surface area contributed by atoms with Gasteiger partial charge < -0.3 is 20.3 Å². The minimum absolute atomic E-state index is 0.649. The smallest absolute Gasteiger partial charge is 0.210 e. The van der Waals surface area contributed by atoms with Crippen LogP contribution in [-0.2, 0) is 12.8 Å². The quantitative estimate of drug-likeness (QED) is 0.172. The van der Waals surface area contributed by atoms with E-state index < -0.39 is 0 Å². The molecular formula is C28H29N7OS2. The van der Waals surface area contributed by atoms with Crippen LogP contribution in [0.3, 0.4) is 0 Å². The van der Waals surface area contributed by atoms with E-state index in [0.717, 1.165) is 69.0 Å². The molecular weight excluding hydrogens is 514 g/mol. The summed E-state index contributed by atoms with van der Waals surface area (Å²) in [5.41, 5.74) is 3.14. The number of nitrogens with one attached hydrogen (secondary N) is 2. The molecule has 0 saturated carbocycles. The van der Waals surface area contributed by atoms with Crippen LogP contribution in [0.4, 0.5) is 27.3 Å². The minimum atomic E-state index is 0.649. The fourth-order valence-electron chi connectivity index (χ4n) is 3.85. The van der Waals surface area contributed by atoms with Crippen LogP contribution in [0.5, 0.6) is 5.75 Å². The highest BCUT2D eigenvalue weighted by Gasteiger charge is 2.13. The molecule has 194 valence electrons. The molecule has 3 aromatic carbocycles. The highest BCUT2D eigenvalue weighted by molar-refractivity contribution is 7.15. The van der Waals surface area contributed by atoms with Crippen molar-refractivity contribution >= 4 is 50.0 Å². The first-order chi connectivity index (χ1) is 18.7. The van der Waals surface area contributed by atoms with Gasteiger partial charge in [-0.15, -0.1) is 20.4 Å². The molecule has 0 unspecified atom stereocenters. The fourth-order valence-corrected chi connectivity index (χ4v) is 5.35. The second-order valence-electron chi connectivity index (χ2n) is 8.40. The van der Waals surface area contributed by atoms with E-state index in [1.54, 1.807) is 22.7 Å². The molecule has 0 aliphatic heterocycles. The third-order valence-electron chi connectivity index (χ3n) is 5.69. The lowest BCUT2D eigenvalue weighted by atomic mass is 10.2. The number of aromatic nitrogens is 4. The average molecular weight is 544 g/mol. The minimum Gasteiger partial charge on any atom is -0.494 e. The van der Waals surface area contributed by atoms with Gasteiger partial charge in [-0.3, -0.25) is 0 Å². The van der Waals surface area contributed by atoms with E-state index in [9.17, 15) is 0 Å². The van der Waals surface area contributed by atoms with Crippen molar-refractivity contribution in [1.82, 2.24) is 20.4 Å². The molecule has 0 amide bonds. The molecule has 0 aliphatic rings. The molecule has 2 aromatic heterocycles. The Labute approximate surface area is 230 Å². The molecule has 5 rings (SSSR count). The van der Waals surface area contributed by atoms with Crippen molar-refractivity contribution in [3.63, 3.8) is 0 Å². The van der Waals surface area contributed by atoms with Gasteiger partial charge in [-0.1, -0.05) is 59.1 Å². The zero-order valence-corrected chi connectivity index (χ0v) is 22.7. The van der Waals surface area contributed by atoms with Crippen molar-refractivity contribution in [2.75, 3.05) is 35.2 Å². The van der Waals surface area contributed by atoms with E-state index in [4.69, 9.17) is 4.74 Å². The van der Waals surface area contributed by atoms with Crippen molar-refractivity contribution < 1.29 is 4.74 Å². The molecule has 10 heteroatoms. The molecule has 0 radical (unpaired) electrons. The molecule has 2 N–H and O–H groups in total. The second-order valence-corrected chi connectivity index (χ2v) is 10.5. The summed E-state index contributed by atoms with van der Waals surface area (Å²) in [6, 6.07) is 28.3. The number of benzene rings is 3. The SMILES string of the molecule is CCOc1ccc(N(CCc2nnc(Nc3ccccc3)s2)CCc2nnc(Nc3ccccc3)s2)cc1. The van der Waals surface area contributed by atoms with E-state index in [1.807, 2.05) is 79.7 Å². The fraction of sp³-hybridized carbons (Fsp3) is 0.214. The number of ether oxygens (including phenoxy) is 1. The number of anilines is 5. The summed E-state index contributed by atoms with van der Waals surface area (Å²) in [5.74, 6) is 0.873. The Balaban J connectivity index is 1.23. The second kappa shape index (κ2) is 13.0. The molecule has 0 aliphatic carbocycles. The highest BCUT2D eigenvalue weighted by atomic mass is 32.1. The van der Waals surface area contributed by atoms with Gasteiger partial charge in [0.05, 0.1) is 6.61 Å². The molecule has 0 atom stereocenters. The Bertz CT molecular complexity index is 1310. The zero-order chi connectivity index (χ0) is 26.0. The largest absolute Gasteiger partial charge is 0.494 e. The van der Waals surface area contributed by atoms with E-state index in [2.05, 4.69) is 48.1 Å². The summed E-state index contributed by atoms with van der Waals surface area (Å²) in [6.07, 6.45) is 1.58. The lowest BCUT2D eigenvalue weighted by Gasteiger charge is -2.24. The maximum absolute atomic E-state index is 5.64. The number of nitrogens with zero attached hydrogens (tertiary/aromatic N) is 5. The van der Waals surface area contributed by atoms with Crippen LogP contribution in [0, 0.1) is 0 Å². The topological polar surface area (TPSA) is 88.1 Å². The number of rotatable bonds is 13. The third-order valence-corrected chi connectivity index (χ3v) is 7.48. The standard InChI is InChI=1S/C28H29N7OS2/c1-2-36-24-15-13-23(14-16-24)35(19-17-25-31-33-27(37-25)29-21-9-5-3-6-10-21)20-18-26-32-34-28(38-26)30-22-11-7-4-8-12-22/h3-16H,2,17-20H2,1H3,(H,29,33)(H,30,34). The Morgan fingerprint density at radius 2 is 1.16 bits per heavy atom. The first-order valence-corrected chi connectivity index (χ1v) is 14.1. The molecule has 0 saturated heterocycles. The van der Waals surface area contributed by atoms with Crippen LogP contribution < -0.4 is 20.3 Å². The van der Waals surface area contributed by atoms with Gasteiger partial charge in [-0.25, -0.2) is 0 Å². The van der Waals surface area contributed by atoms with Gasteiger partial charge in [0, 0.05) is 43.0 Å². The zero-order valence-electron chi connectivity index (χ0n) is 21.1. The predicted octanol–water partition coefficient (Wildman–Crippen LogP) is 6.57. The molecule has 0 bridgehead atoms. The van der Waals surface area contributed by atoms with Gasteiger partial charge in [-0.05, 0) is 55.5 Å². The van der Waals surface area contributed by atoms with E-state index in [0.29, 0.717) is 6.61 Å². The van der Waals surface area contributed by atoms with E-state index in [-0.39, 0.29) is 0 Å². The van der Waals surface area contributed by atoms with Crippen molar-refractivity contribution in [3.8, 4) is 5.75 Å². The van der Waals surface area contributed by atoms with Gasteiger partial charge in [0.25, 0.3) is 0 Å². The predicted molar refractivity (Wildman–Crippen MR) is 156 cm³/mol. The first-order valence-electron chi connectivity index (χ1n) is 12.5. The number of hydrogen-bond acceptors (Lipinski definition) is 10. The summed E-state index contributed by atoms with van der Waals surface area (Å²) >= 11 is 3.17. The molecule has 38 heavy (non-hydrogen) atoms.